The molecular formula is C11H13ClO2. The number of hydrogen-bond donors (Lipinski definition) is 1. The first-order valence-electron chi connectivity index (χ1n) is 4.49. The lowest BCUT2D eigenvalue weighted by Gasteiger charge is -2.09. The zero-order valence-electron chi connectivity index (χ0n) is 8.25. The average molecular weight is 213 g/mol. The van der Waals surface area contributed by atoms with E-state index in [1.165, 1.54) is 0 Å². The highest BCUT2D eigenvalue weighted by molar-refractivity contribution is 6.31. The van der Waals surface area contributed by atoms with Crippen LogP contribution < -0.4 is 0 Å². The lowest BCUT2D eigenvalue weighted by molar-refractivity contribution is -0.141. The molecule has 0 saturated carbocycles. The van der Waals surface area contributed by atoms with Gasteiger partial charge in [0.05, 0.1) is 5.92 Å². The fraction of sp³-hybridized carbons (Fsp3) is 0.364. The molecular weight excluding hydrogens is 200 g/mol. The number of carboxylic acids is 1. The van der Waals surface area contributed by atoms with Gasteiger partial charge in [-0.3, -0.25) is 4.79 Å². The van der Waals surface area contributed by atoms with Crippen LogP contribution in [0.3, 0.4) is 0 Å². The van der Waals surface area contributed by atoms with E-state index in [0.717, 1.165) is 11.1 Å². The lowest BCUT2D eigenvalue weighted by atomic mass is 9.98. The second-order valence-electron chi connectivity index (χ2n) is 3.47. The predicted octanol–water partition coefficient (Wildman–Crippen LogP) is 2.91. The second-order valence-corrected chi connectivity index (χ2v) is 3.87. The van der Waals surface area contributed by atoms with E-state index in [2.05, 4.69) is 0 Å². The second kappa shape index (κ2) is 4.47. The van der Waals surface area contributed by atoms with Crippen molar-refractivity contribution in [2.24, 2.45) is 5.92 Å². The first-order valence-corrected chi connectivity index (χ1v) is 4.87. The van der Waals surface area contributed by atoms with Crippen molar-refractivity contribution in [3.05, 3.63) is 34.3 Å². The Kier molecular flexibility index (Phi) is 3.53. The first-order chi connectivity index (χ1) is 6.52. The average Bonchev–Trinajstić information content (AvgIpc) is 2.12. The summed E-state index contributed by atoms with van der Waals surface area (Å²) in [6.07, 6.45) is 0.529. The zero-order valence-corrected chi connectivity index (χ0v) is 9.01. The smallest absolute Gasteiger partial charge is 0.306 e. The molecule has 1 rings (SSSR count). The van der Waals surface area contributed by atoms with Crippen LogP contribution in [0.25, 0.3) is 0 Å². The molecule has 1 atom stereocenters. The van der Waals surface area contributed by atoms with E-state index in [-0.39, 0.29) is 5.92 Å². The molecule has 0 spiro atoms. The summed E-state index contributed by atoms with van der Waals surface area (Å²) in [7, 11) is 0. The monoisotopic (exact) mass is 212 g/mol. The van der Waals surface area contributed by atoms with Crippen molar-refractivity contribution in [3.8, 4) is 0 Å². The maximum atomic E-state index is 10.7. The van der Waals surface area contributed by atoms with Crippen LogP contribution in [0.15, 0.2) is 18.2 Å². The fourth-order valence-corrected chi connectivity index (χ4v) is 1.48. The van der Waals surface area contributed by atoms with Crippen molar-refractivity contribution in [1.29, 1.82) is 0 Å². The van der Waals surface area contributed by atoms with Crippen molar-refractivity contribution in [3.63, 3.8) is 0 Å². The van der Waals surface area contributed by atoms with Gasteiger partial charge in [0.2, 0.25) is 0 Å². The van der Waals surface area contributed by atoms with Gasteiger partial charge in [-0.1, -0.05) is 30.7 Å². The van der Waals surface area contributed by atoms with Gasteiger partial charge in [-0.25, -0.2) is 0 Å². The molecule has 1 N–H and O–H groups in total. The molecule has 1 aromatic carbocycles. The minimum atomic E-state index is -0.774. The molecule has 2 nitrogen and oxygen atoms in total. The highest BCUT2D eigenvalue weighted by atomic mass is 35.5. The Labute approximate surface area is 88.5 Å². The van der Waals surface area contributed by atoms with Gasteiger partial charge in [0, 0.05) is 5.02 Å². The van der Waals surface area contributed by atoms with Crippen LogP contribution in [-0.4, -0.2) is 11.1 Å². The van der Waals surface area contributed by atoms with Crippen LogP contribution in [0.5, 0.6) is 0 Å². The molecule has 1 unspecified atom stereocenters. The molecule has 14 heavy (non-hydrogen) atoms. The van der Waals surface area contributed by atoms with E-state index < -0.39 is 5.97 Å². The van der Waals surface area contributed by atoms with Crippen LogP contribution in [0.4, 0.5) is 0 Å². The predicted molar refractivity (Wildman–Crippen MR) is 56.7 cm³/mol. The number of carbonyl (C=O) groups is 1. The number of benzene rings is 1. The van der Waals surface area contributed by atoms with Gasteiger partial charge >= 0.3 is 5.97 Å². The Morgan fingerprint density at radius 3 is 2.79 bits per heavy atom. The summed E-state index contributed by atoms with van der Waals surface area (Å²) in [5.74, 6) is -1.14. The molecule has 0 fully saturated rings. The summed E-state index contributed by atoms with van der Waals surface area (Å²) in [6, 6.07) is 5.58. The molecule has 0 aliphatic heterocycles. The Balaban J connectivity index is 2.87. The number of carboxylic acid groups (broad SMARTS) is 1. The Morgan fingerprint density at radius 1 is 1.57 bits per heavy atom. The minimum absolute atomic E-state index is 0.368. The van der Waals surface area contributed by atoms with Crippen molar-refractivity contribution in [2.75, 3.05) is 0 Å². The quantitative estimate of drug-likeness (QED) is 0.837. The van der Waals surface area contributed by atoms with Crippen LogP contribution in [0, 0.1) is 12.8 Å². The standard InChI is InChI=1S/C11H13ClO2/c1-7(11(13)14)6-9-4-3-5-10(12)8(9)2/h3-5,7H,6H2,1-2H3,(H,13,14). The van der Waals surface area contributed by atoms with Gasteiger partial charge in [0.25, 0.3) is 0 Å². The maximum Gasteiger partial charge on any atom is 0.306 e. The van der Waals surface area contributed by atoms with E-state index in [9.17, 15) is 4.79 Å². The summed E-state index contributed by atoms with van der Waals surface area (Å²) >= 11 is 5.93. The number of aliphatic carboxylic acids is 1. The Hall–Kier alpha value is -1.02. The molecule has 0 aromatic heterocycles. The van der Waals surface area contributed by atoms with Gasteiger partial charge < -0.3 is 5.11 Å². The molecule has 0 saturated heterocycles. The summed E-state index contributed by atoms with van der Waals surface area (Å²) in [5.41, 5.74) is 1.98. The van der Waals surface area contributed by atoms with Crippen molar-refractivity contribution in [1.82, 2.24) is 0 Å². The van der Waals surface area contributed by atoms with E-state index in [0.29, 0.717) is 11.4 Å². The van der Waals surface area contributed by atoms with Crippen LogP contribution in [-0.2, 0) is 11.2 Å². The zero-order chi connectivity index (χ0) is 10.7. The van der Waals surface area contributed by atoms with E-state index in [4.69, 9.17) is 16.7 Å². The molecule has 0 heterocycles. The summed E-state index contributed by atoms with van der Waals surface area (Å²) in [5, 5.41) is 9.47. The van der Waals surface area contributed by atoms with Crippen LogP contribution in [0.2, 0.25) is 5.02 Å². The van der Waals surface area contributed by atoms with Gasteiger partial charge in [0.1, 0.15) is 0 Å². The van der Waals surface area contributed by atoms with Crippen LogP contribution in [0.1, 0.15) is 18.1 Å². The van der Waals surface area contributed by atoms with Crippen molar-refractivity contribution in [2.45, 2.75) is 20.3 Å². The Morgan fingerprint density at radius 2 is 2.21 bits per heavy atom. The third-order valence-electron chi connectivity index (χ3n) is 2.33. The molecule has 0 amide bonds. The normalized spacial score (nSPS) is 12.5. The van der Waals surface area contributed by atoms with Crippen molar-refractivity contribution >= 4 is 17.6 Å². The van der Waals surface area contributed by atoms with Gasteiger partial charge in [-0.05, 0) is 30.5 Å². The molecule has 0 aliphatic rings. The van der Waals surface area contributed by atoms with Gasteiger partial charge in [0.15, 0.2) is 0 Å². The van der Waals surface area contributed by atoms with Gasteiger partial charge in [-0.2, -0.15) is 0 Å². The summed E-state index contributed by atoms with van der Waals surface area (Å²) in [4.78, 5) is 10.7. The molecule has 3 heteroatoms. The molecule has 1 aromatic rings. The van der Waals surface area contributed by atoms with E-state index >= 15 is 0 Å². The first kappa shape index (κ1) is 11.1. The third-order valence-corrected chi connectivity index (χ3v) is 2.74. The number of halogens is 1. The topological polar surface area (TPSA) is 37.3 Å². The molecule has 0 aliphatic carbocycles. The van der Waals surface area contributed by atoms with Gasteiger partial charge in [-0.15, -0.1) is 0 Å². The highest BCUT2D eigenvalue weighted by Gasteiger charge is 2.13. The lowest BCUT2D eigenvalue weighted by Crippen LogP contribution is -2.12. The number of hydrogen-bond acceptors (Lipinski definition) is 1. The van der Waals surface area contributed by atoms with E-state index in [1.807, 2.05) is 25.1 Å². The summed E-state index contributed by atoms with van der Waals surface area (Å²) < 4.78 is 0. The van der Waals surface area contributed by atoms with Crippen LogP contribution >= 0.6 is 11.6 Å². The molecule has 0 bridgehead atoms. The minimum Gasteiger partial charge on any atom is -0.481 e. The highest BCUT2D eigenvalue weighted by Crippen LogP contribution is 2.21. The fourth-order valence-electron chi connectivity index (χ4n) is 1.29. The number of rotatable bonds is 3. The maximum absolute atomic E-state index is 10.7. The largest absolute Gasteiger partial charge is 0.481 e. The Bertz CT molecular complexity index is 347. The van der Waals surface area contributed by atoms with Crippen molar-refractivity contribution < 1.29 is 9.90 Å². The summed E-state index contributed by atoms with van der Waals surface area (Å²) in [6.45, 7) is 3.61. The third kappa shape index (κ3) is 2.48. The molecule has 0 radical (unpaired) electrons. The SMILES string of the molecule is Cc1c(Cl)cccc1CC(C)C(=O)O. The van der Waals surface area contributed by atoms with E-state index in [1.54, 1.807) is 6.92 Å². The molecule has 76 valence electrons.